The second-order valence-electron chi connectivity index (χ2n) is 5.11. The maximum Gasteiger partial charge on any atom is 0.213 e. The Morgan fingerprint density at radius 2 is 1.83 bits per heavy atom. The third kappa shape index (κ3) is 6.13. The predicted octanol–water partition coefficient (Wildman–Crippen LogP) is 0.994. The fourth-order valence-corrected chi connectivity index (χ4v) is 3.24. The van der Waals surface area contributed by atoms with Crippen molar-refractivity contribution < 1.29 is 13.2 Å². The van der Waals surface area contributed by atoms with Crippen LogP contribution in [-0.4, -0.2) is 39.5 Å². The van der Waals surface area contributed by atoms with E-state index in [1.165, 1.54) is 12.8 Å². The van der Waals surface area contributed by atoms with Crippen molar-refractivity contribution in [2.45, 2.75) is 51.0 Å². The van der Waals surface area contributed by atoms with Crippen molar-refractivity contribution >= 4 is 10.0 Å². The van der Waals surface area contributed by atoms with Crippen LogP contribution in [0.15, 0.2) is 0 Å². The molecule has 0 aromatic rings. The maximum absolute atomic E-state index is 11.7. The molecule has 5 nitrogen and oxygen atoms in total. The largest absolute Gasteiger partial charge is 0.381 e. The lowest BCUT2D eigenvalue weighted by molar-refractivity contribution is 0.163. The van der Waals surface area contributed by atoms with Gasteiger partial charge in [0.25, 0.3) is 0 Å². The molecular weight excluding hydrogens is 252 g/mol. The van der Waals surface area contributed by atoms with Crippen LogP contribution in [0.2, 0.25) is 0 Å². The highest BCUT2D eigenvalue weighted by molar-refractivity contribution is 7.89. The van der Waals surface area contributed by atoms with Gasteiger partial charge in [0.2, 0.25) is 10.0 Å². The van der Waals surface area contributed by atoms with Crippen LogP contribution in [0.4, 0.5) is 0 Å². The molecule has 1 fully saturated rings. The van der Waals surface area contributed by atoms with Crippen molar-refractivity contribution in [2.24, 2.45) is 5.73 Å². The Hall–Kier alpha value is -0.170. The van der Waals surface area contributed by atoms with Crippen molar-refractivity contribution in [1.82, 2.24) is 4.72 Å². The molecule has 0 aromatic heterocycles. The van der Waals surface area contributed by atoms with E-state index in [0.717, 1.165) is 25.7 Å². The van der Waals surface area contributed by atoms with Crippen LogP contribution < -0.4 is 10.5 Å². The molecule has 0 aromatic carbocycles. The molecule has 6 heteroatoms. The van der Waals surface area contributed by atoms with Crippen LogP contribution in [0.5, 0.6) is 0 Å². The standard InChI is InChI=1S/C12H26N2O3S/c1-2-17-9-10-18(15,16)14-11-12(13)7-5-3-4-6-8-12/h14H,2-11,13H2,1H3. The van der Waals surface area contributed by atoms with E-state index in [-0.39, 0.29) is 17.9 Å². The summed E-state index contributed by atoms with van der Waals surface area (Å²) in [7, 11) is -3.26. The third-order valence-electron chi connectivity index (χ3n) is 3.44. The number of ether oxygens (including phenoxy) is 1. The van der Waals surface area contributed by atoms with E-state index in [9.17, 15) is 8.42 Å². The van der Waals surface area contributed by atoms with Crippen molar-refractivity contribution in [2.75, 3.05) is 25.5 Å². The fraction of sp³-hybridized carbons (Fsp3) is 1.00. The Kier molecular flexibility index (Phi) is 6.55. The maximum atomic E-state index is 11.7. The lowest BCUT2D eigenvalue weighted by Gasteiger charge is -2.28. The van der Waals surface area contributed by atoms with Crippen molar-refractivity contribution in [3.8, 4) is 0 Å². The zero-order valence-electron chi connectivity index (χ0n) is 11.3. The number of hydrogen-bond donors (Lipinski definition) is 2. The van der Waals surface area contributed by atoms with Crippen LogP contribution in [0.3, 0.4) is 0 Å². The minimum Gasteiger partial charge on any atom is -0.381 e. The van der Waals surface area contributed by atoms with Gasteiger partial charge in [0.05, 0.1) is 12.4 Å². The third-order valence-corrected chi connectivity index (χ3v) is 4.73. The van der Waals surface area contributed by atoms with Crippen molar-refractivity contribution in [3.63, 3.8) is 0 Å². The average Bonchev–Trinajstić information content (AvgIpc) is 2.53. The average molecular weight is 278 g/mol. The quantitative estimate of drug-likeness (QED) is 0.537. The fourth-order valence-electron chi connectivity index (χ4n) is 2.25. The smallest absolute Gasteiger partial charge is 0.213 e. The number of sulfonamides is 1. The number of nitrogens with one attached hydrogen (secondary N) is 1. The molecule has 0 atom stereocenters. The summed E-state index contributed by atoms with van der Waals surface area (Å²) >= 11 is 0. The SMILES string of the molecule is CCOCCS(=O)(=O)NCC1(N)CCCCCC1. The Balaban J connectivity index is 2.37. The van der Waals surface area contributed by atoms with Crippen molar-refractivity contribution in [3.05, 3.63) is 0 Å². The van der Waals surface area contributed by atoms with Gasteiger partial charge in [-0.05, 0) is 19.8 Å². The van der Waals surface area contributed by atoms with Gasteiger partial charge >= 0.3 is 0 Å². The first-order chi connectivity index (χ1) is 8.47. The van der Waals surface area contributed by atoms with Crippen molar-refractivity contribution in [1.29, 1.82) is 0 Å². The molecule has 1 aliphatic rings. The molecule has 18 heavy (non-hydrogen) atoms. The molecule has 0 saturated heterocycles. The molecule has 1 aliphatic carbocycles. The van der Waals surface area contributed by atoms with E-state index >= 15 is 0 Å². The molecule has 0 unspecified atom stereocenters. The summed E-state index contributed by atoms with van der Waals surface area (Å²) in [6, 6.07) is 0. The minimum atomic E-state index is -3.26. The van der Waals surface area contributed by atoms with Gasteiger partial charge in [-0.3, -0.25) is 0 Å². The highest BCUT2D eigenvalue weighted by Gasteiger charge is 2.27. The lowest BCUT2D eigenvalue weighted by Crippen LogP contribution is -2.50. The first-order valence-electron chi connectivity index (χ1n) is 6.81. The summed E-state index contributed by atoms with van der Waals surface area (Å²) in [5.74, 6) is 0.0108. The summed E-state index contributed by atoms with van der Waals surface area (Å²) in [6.07, 6.45) is 6.41. The highest BCUT2D eigenvalue weighted by atomic mass is 32.2. The Morgan fingerprint density at radius 1 is 1.22 bits per heavy atom. The van der Waals surface area contributed by atoms with E-state index in [1.54, 1.807) is 0 Å². The highest BCUT2D eigenvalue weighted by Crippen LogP contribution is 2.24. The Morgan fingerprint density at radius 3 is 2.39 bits per heavy atom. The Labute approximate surface area is 111 Å². The Bertz CT molecular complexity index is 322. The van der Waals surface area contributed by atoms with Crippen LogP contribution in [0.1, 0.15) is 45.4 Å². The number of rotatable bonds is 7. The van der Waals surface area contributed by atoms with Gasteiger partial charge in [-0.1, -0.05) is 25.7 Å². The van der Waals surface area contributed by atoms with Gasteiger partial charge in [-0.15, -0.1) is 0 Å². The summed E-state index contributed by atoms with van der Waals surface area (Å²) in [5, 5.41) is 0. The molecule has 0 spiro atoms. The first kappa shape index (κ1) is 15.9. The van der Waals surface area contributed by atoms with Gasteiger partial charge in [-0.25, -0.2) is 13.1 Å². The predicted molar refractivity (Wildman–Crippen MR) is 72.9 cm³/mol. The second-order valence-corrected chi connectivity index (χ2v) is 7.04. The molecule has 0 amide bonds. The monoisotopic (exact) mass is 278 g/mol. The zero-order valence-corrected chi connectivity index (χ0v) is 12.1. The molecule has 0 bridgehead atoms. The van der Waals surface area contributed by atoms with Gasteiger partial charge in [0, 0.05) is 18.7 Å². The molecule has 1 saturated carbocycles. The lowest BCUT2D eigenvalue weighted by atomic mass is 9.92. The van der Waals surface area contributed by atoms with Crippen LogP contribution >= 0.6 is 0 Å². The van der Waals surface area contributed by atoms with Crippen LogP contribution in [0.25, 0.3) is 0 Å². The summed E-state index contributed by atoms with van der Waals surface area (Å²) < 4.78 is 31.1. The number of hydrogen-bond acceptors (Lipinski definition) is 4. The second kappa shape index (κ2) is 7.43. The normalized spacial score (nSPS) is 20.6. The topological polar surface area (TPSA) is 81.4 Å². The van der Waals surface area contributed by atoms with Gasteiger partial charge in [-0.2, -0.15) is 0 Å². The summed E-state index contributed by atoms with van der Waals surface area (Å²) in [6.45, 7) is 2.97. The van der Waals surface area contributed by atoms with Crippen LogP contribution in [0, 0.1) is 0 Å². The van der Waals surface area contributed by atoms with E-state index in [2.05, 4.69) is 4.72 Å². The molecule has 3 N–H and O–H groups in total. The molecule has 0 aliphatic heterocycles. The zero-order chi connectivity index (χ0) is 13.5. The van der Waals surface area contributed by atoms with Gasteiger partial charge in [0.15, 0.2) is 0 Å². The van der Waals surface area contributed by atoms with E-state index in [1.807, 2.05) is 6.92 Å². The molecule has 108 valence electrons. The van der Waals surface area contributed by atoms with Crippen LogP contribution in [-0.2, 0) is 14.8 Å². The van der Waals surface area contributed by atoms with E-state index < -0.39 is 10.0 Å². The molecular formula is C12H26N2O3S. The number of nitrogens with two attached hydrogens (primary N) is 1. The van der Waals surface area contributed by atoms with E-state index in [0.29, 0.717) is 13.2 Å². The molecule has 0 heterocycles. The minimum absolute atomic E-state index is 0.0108. The molecule has 1 rings (SSSR count). The first-order valence-corrected chi connectivity index (χ1v) is 8.47. The van der Waals surface area contributed by atoms with E-state index in [4.69, 9.17) is 10.5 Å². The summed E-state index contributed by atoms with van der Waals surface area (Å²) in [5.41, 5.74) is 5.90. The molecule has 0 radical (unpaired) electrons. The van der Waals surface area contributed by atoms with Gasteiger partial charge in [0.1, 0.15) is 0 Å². The summed E-state index contributed by atoms with van der Waals surface area (Å²) in [4.78, 5) is 0. The van der Waals surface area contributed by atoms with Gasteiger partial charge < -0.3 is 10.5 Å².